The number of rotatable bonds is 3. The quantitative estimate of drug-likeness (QED) is 0.392. The van der Waals surface area contributed by atoms with E-state index < -0.39 is 23.2 Å². The number of hydrogen-bond donors (Lipinski definition) is 4. The Morgan fingerprint density at radius 1 is 1.05 bits per heavy atom. The molecule has 0 aromatic heterocycles. The maximum absolute atomic E-state index is 11.8. The van der Waals surface area contributed by atoms with E-state index in [2.05, 4.69) is 10.5 Å². The van der Waals surface area contributed by atoms with Gasteiger partial charge in [0.05, 0.1) is 16.3 Å². The second-order valence-corrected chi connectivity index (χ2v) is 5.05. The van der Waals surface area contributed by atoms with Crippen LogP contribution in [0, 0.1) is 0 Å². The minimum absolute atomic E-state index is 0.0703. The lowest BCUT2D eigenvalue weighted by Gasteiger charge is -2.04. The van der Waals surface area contributed by atoms with Crippen molar-refractivity contribution >= 4 is 35.3 Å². The standard InChI is InChI=1S/C14H10Cl2N2O4/c15-9-2-1-7(3-10(9)16)6-17-18-14(22)8-4-11(19)13(21)12(20)5-8/h1-6,19-21H,(H,18,22)/b17-6-. The molecule has 0 saturated carbocycles. The fourth-order valence-electron chi connectivity index (χ4n) is 1.56. The third-order valence-electron chi connectivity index (χ3n) is 2.66. The zero-order chi connectivity index (χ0) is 16.3. The van der Waals surface area contributed by atoms with Crippen LogP contribution < -0.4 is 5.43 Å². The summed E-state index contributed by atoms with van der Waals surface area (Å²) in [4.78, 5) is 11.8. The molecular weight excluding hydrogens is 331 g/mol. The molecule has 0 spiro atoms. The molecule has 0 unspecified atom stereocenters. The number of amides is 1. The molecule has 2 rings (SSSR count). The summed E-state index contributed by atoms with van der Waals surface area (Å²) in [6.45, 7) is 0. The van der Waals surface area contributed by atoms with Crippen molar-refractivity contribution in [2.45, 2.75) is 0 Å². The van der Waals surface area contributed by atoms with Crippen LogP contribution in [0.1, 0.15) is 15.9 Å². The number of halogens is 2. The predicted molar refractivity (Wildman–Crippen MR) is 83.0 cm³/mol. The lowest BCUT2D eigenvalue weighted by molar-refractivity contribution is 0.0954. The summed E-state index contributed by atoms with van der Waals surface area (Å²) in [7, 11) is 0. The van der Waals surface area contributed by atoms with Gasteiger partial charge in [-0.3, -0.25) is 4.79 Å². The highest BCUT2D eigenvalue weighted by molar-refractivity contribution is 6.42. The molecule has 4 N–H and O–H groups in total. The van der Waals surface area contributed by atoms with Gasteiger partial charge >= 0.3 is 0 Å². The first kappa shape index (κ1) is 15.9. The Kier molecular flexibility index (Phi) is 4.75. The first-order chi connectivity index (χ1) is 10.4. The van der Waals surface area contributed by atoms with Crippen LogP contribution in [-0.2, 0) is 0 Å². The van der Waals surface area contributed by atoms with Crippen LogP contribution in [0.5, 0.6) is 17.2 Å². The van der Waals surface area contributed by atoms with Gasteiger partial charge in [0, 0.05) is 5.56 Å². The molecule has 2 aromatic carbocycles. The van der Waals surface area contributed by atoms with Crippen LogP contribution in [0.3, 0.4) is 0 Å². The second kappa shape index (κ2) is 6.55. The molecule has 0 atom stereocenters. The number of carbonyl (C=O) groups is 1. The van der Waals surface area contributed by atoms with E-state index in [0.29, 0.717) is 15.6 Å². The van der Waals surface area contributed by atoms with Crippen LogP contribution >= 0.6 is 23.2 Å². The Labute approximate surface area is 135 Å². The fourth-order valence-corrected chi connectivity index (χ4v) is 1.86. The van der Waals surface area contributed by atoms with E-state index in [-0.39, 0.29) is 5.56 Å². The molecule has 0 aliphatic rings. The third kappa shape index (κ3) is 3.60. The maximum atomic E-state index is 11.8. The van der Waals surface area contributed by atoms with Gasteiger partial charge in [-0.25, -0.2) is 5.43 Å². The van der Waals surface area contributed by atoms with E-state index in [1.54, 1.807) is 18.2 Å². The predicted octanol–water partition coefficient (Wildman–Crippen LogP) is 2.87. The summed E-state index contributed by atoms with van der Waals surface area (Å²) in [6, 6.07) is 6.81. The number of nitrogens with one attached hydrogen (secondary N) is 1. The van der Waals surface area contributed by atoms with Crippen molar-refractivity contribution in [1.82, 2.24) is 5.43 Å². The van der Waals surface area contributed by atoms with E-state index in [4.69, 9.17) is 23.2 Å². The highest BCUT2D eigenvalue weighted by Gasteiger charge is 2.12. The number of phenols is 3. The van der Waals surface area contributed by atoms with Gasteiger partial charge in [-0.05, 0) is 29.8 Å². The summed E-state index contributed by atoms with van der Waals surface area (Å²) in [6.07, 6.45) is 1.35. The second-order valence-electron chi connectivity index (χ2n) is 4.24. The lowest BCUT2D eigenvalue weighted by atomic mass is 10.2. The lowest BCUT2D eigenvalue weighted by Crippen LogP contribution is -2.17. The number of aromatic hydroxyl groups is 3. The molecule has 0 saturated heterocycles. The van der Waals surface area contributed by atoms with Crippen molar-refractivity contribution in [2.24, 2.45) is 5.10 Å². The van der Waals surface area contributed by atoms with Crippen molar-refractivity contribution < 1.29 is 20.1 Å². The zero-order valence-corrected chi connectivity index (χ0v) is 12.4. The number of hydrazone groups is 1. The zero-order valence-electron chi connectivity index (χ0n) is 10.9. The molecular formula is C14H10Cl2N2O4. The van der Waals surface area contributed by atoms with Gasteiger partial charge in [0.25, 0.3) is 5.91 Å². The first-order valence-corrected chi connectivity index (χ1v) is 6.67. The average molecular weight is 341 g/mol. The third-order valence-corrected chi connectivity index (χ3v) is 3.39. The van der Waals surface area contributed by atoms with Crippen molar-refractivity contribution in [3.05, 3.63) is 51.5 Å². The molecule has 1 amide bonds. The van der Waals surface area contributed by atoms with Crippen molar-refractivity contribution in [2.75, 3.05) is 0 Å². The van der Waals surface area contributed by atoms with Gasteiger partial charge in [-0.15, -0.1) is 0 Å². The van der Waals surface area contributed by atoms with Crippen molar-refractivity contribution in [3.8, 4) is 17.2 Å². The minimum atomic E-state index is -0.698. The number of hydrogen-bond acceptors (Lipinski definition) is 5. The molecule has 6 nitrogen and oxygen atoms in total. The molecule has 8 heteroatoms. The SMILES string of the molecule is O=C(N/N=C\c1ccc(Cl)c(Cl)c1)c1cc(O)c(O)c(O)c1. The number of carbonyl (C=O) groups excluding carboxylic acids is 1. The van der Waals surface area contributed by atoms with Crippen LogP contribution in [-0.4, -0.2) is 27.4 Å². The fraction of sp³-hybridized carbons (Fsp3) is 0. The van der Waals surface area contributed by atoms with E-state index >= 15 is 0 Å². The van der Waals surface area contributed by atoms with E-state index in [1.165, 1.54) is 6.21 Å². The van der Waals surface area contributed by atoms with Gasteiger partial charge in [-0.2, -0.15) is 5.10 Å². The summed E-state index contributed by atoms with van der Waals surface area (Å²) < 4.78 is 0. The highest BCUT2D eigenvalue weighted by atomic mass is 35.5. The Morgan fingerprint density at radius 2 is 1.68 bits per heavy atom. The molecule has 0 bridgehead atoms. The molecule has 0 aliphatic carbocycles. The van der Waals surface area contributed by atoms with Crippen molar-refractivity contribution in [1.29, 1.82) is 0 Å². The highest BCUT2D eigenvalue weighted by Crippen LogP contribution is 2.35. The summed E-state index contributed by atoms with van der Waals surface area (Å²) in [5.41, 5.74) is 2.75. The van der Waals surface area contributed by atoms with Crippen molar-refractivity contribution in [3.63, 3.8) is 0 Å². The van der Waals surface area contributed by atoms with Gasteiger partial charge in [0.1, 0.15) is 0 Å². The molecule has 114 valence electrons. The maximum Gasteiger partial charge on any atom is 0.271 e. The average Bonchev–Trinajstić information content (AvgIpc) is 2.47. The molecule has 0 heterocycles. The number of benzene rings is 2. The first-order valence-electron chi connectivity index (χ1n) is 5.92. The Hall–Kier alpha value is -2.44. The Balaban J connectivity index is 2.09. The van der Waals surface area contributed by atoms with Gasteiger partial charge < -0.3 is 15.3 Å². The molecule has 0 aliphatic heterocycles. The smallest absolute Gasteiger partial charge is 0.271 e. The van der Waals surface area contributed by atoms with Gasteiger partial charge in [-0.1, -0.05) is 29.3 Å². The number of nitrogens with zero attached hydrogens (tertiary/aromatic N) is 1. The van der Waals surface area contributed by atoms with Crippen LogP contribution in [0.15, 0.2) is 35.4 Å². The molecule has 22 heavy (non-hydrogen) atoms. The Morgan fingerprint density at radius 3 is 2.27 bits per heavy atom. The van der Waals surface area contributed by atoms with Crippen LogP contribution in [0.4, 0.5) is 0 Å². The monoisotopic (exact) mass is 340 g/mol. The van der Waals surface area contributed by atoms with E-state index in [9.17, 15) is 20.1 Å². The molecule has 0 fully saturated rings. The van der Waals surface area contributed by atoms with Gasteiger partial charge in [0.2, 0.25) is 0 Å². The topological polar surface area (TPSA) is 102 Å². The largest absolute Gasteiger partial charge is 0.504 e. The normalized spacial score (nSPS) is 10.8. The molecule has 0 radical (unpaired) electrons. The molecule has 2 aromatic rings. The van der Waals surface area contributed by atoms with Crippen LogP contribution in [0.2, 0.25) is 10.0 Å². The van der Waals surface area contributed by atoms with E-state index in [0.717, 1.165) is 12.1 Å². The summed E-state index contributed by atoms with van der Waals surface area (Å²) in [5, 5.41) is 32.3. The van der Waals surface area contributed by atoms with E-state index in [1.807, 2.05) is 0 Å². The minimum Gasteiger partial charge on any atom is -0.504 e. The van der Waals surface area contributed by atoms with Gasteiger partial charge in [0.15, 0.2) is 17.2 Å². The van der Waals surface area contributed by atoms with Crippen LogP contribution in [0.25, 0.3) is 0 Å². The summed E-state index contributed by atoms with van der Waals surface area (Å²) in [5.74, 6) is -2.60. The Bertz CT molecular complexity index is 739. The summed E-state index contributed by atoms with van der Waals surface area (Å²) >= 11 is 11.6. The number of phenolic OH excluding ortho intramolecular Hbond substituents is 3.